The monoisotopic (exact) mass is 271 g/mol. The topological polar surface area (TPSA) is 88.2 Å². The van der Waals surface area contributed by atoms with Gasteiger partial charge in [0.1, 0.15) is 19.0 Å². The molecule has 0 aromatic rings. The molecule has 0 fully saturated rings. The van der Waals surface area contributed by atoms with Crippen LogP contribution in [0.15, 0.2) is 5.16 Å². The molecule has 0 aliphatic heterocycles. The summed E-state index contributed by atoms with van der Waals surface area (Å²) >= 11 is 0. The molecule has 0 aromatic carbocycles. The van der Waals surface area contributed by atoms with Gasteiger partial charge < -0.3 is 20.6 Å². The second kappa shape index (κ2) is 7.04. The summed E-state index contributed by atoms with van der Waals surface area (Å²) < 4.78 is 39.5. The van der Waals surface area contributed by atoms with Gasteiger partial charge in [0.15, 0.2) is 0 Å². The maximum atomic E-state index is 11.8. The van der Waals surface area contributed by atoms with Crippen LogP contribution in [-0.2, 0) is 9.53 Å². The summed E-state index contributed by atoms with van der Waals surface area (Å²) in [5.74, 6) is -1.09. The predicted molar refractivity (Wildman–Crippen MR) is 57.1 cm³/mol. The van der Waals surface area contributed by atoms with Gasteiger partial charge in [-0.25, -0.2) is 0 Å². The van der Waals surface area contributed by atoms with Gasteiger partial charge in [-0.05, 0) is 0 Å². The Bertz CT molecular complexity index is 307. The predicted octanol–water partition coefficient (Wildman–Crippen LogP) is 0.406. The van der Waals surface area contributed by atoms with E-state index >= 15 is 0 Å². The number of oxime groups is 1. The van der Waals surface area contributed by atoms with Crippen molar-refractivity contribution in [3.63, 3.8) is 0 Å². The molecule has 0 aromatic heterocycles. The first-order valence-electron chi connectivity index (χ1n) is 5.03. The standard InChI is InChI=1S/C9H16F3N3O3/c1-6(8(13)14-17)3-15(2)7(16)4-18-5-9(10,11)12/h6,17H,3-5H2,1-2H3,(H2,13,14). The number of halogens is 3. The lowest BCUT2D eigenvalue weighted by Gasteiger charge is -2.20. The van der Waals surface area contributed by atoms with Gasteiger partial charge in [-0.3, -0.25) is 4.79 Å². The molecule has 0 saturated carbocycles. The summed E-state index contributed by atoms with van der Waals surface area (Å²) in [6, 6.07) is 0. The SMILES string of the molecule is CC(CN(C)C(=O)COCC(F)(F)F)C(N)=NO. The summed E-state index contributed by atoms with van der Waals surface area (Å²) in [6.07, 6.45) is -4.46. The maximum absolute atomic E-state index is 11.8. The largest absolute Gasteiger partial charge is 0.411 e. The van der Waals surface area contributed by atoms with Crippen molar-refractivity contribution in [3.05, 3.63) is 0 Å². The van der Waals surface area contributed by atoms with Crippen molar-refractivity contribution >= 4 is 11.7 Å². The fourth-order valence-electron chi connectivity index (χ4n) is 1.07. The van der Waals surface area contributed by atoms with Crippen molar-refractivity contribution in [2.75, 3.05) is 26.8 Å². The van der Waals surface area contributed by atoms with E-state index in [1.165, 1.54) is 7.05 Å². The zero-order chi connectivity index (χ0) is 14.3. The minimum absolute atomic E-state index is 0.0640. The van der Waals surface area contributed by atoms with Crippen molar-refractivity contribution in [2.24, 2.45) is 16.8 Å². The molecule has 0 heterocycles. The smallest absolute Gasteiger partial charge is 0.409 e. The van der Waals surface area contributed by atoms with Gasteiger partial charge in [0.2, 0.25) is 5.91 Å². The van der Waals surface area contributed by atoms with Gasteiger partial charge in [-0.1, -0.05) is 12.1 Å². The number of carbonyl (C=O) groups is 1. The Kier molecular flexibility index (Phi) is 6.45. The molecular weight excluding hydrogens is 255 g/mol. The van der Waals surface area contributed by atoms with Crippen molar-refractivity contribution in [1.82, 2.24) is 4.90 Å². The zero-order valence-electron chi connectivity index (χ0n) is 10.1. The number of amidine groups is 1. The molecule has 18 heavy (non-hydrogen) atoms. The lowest BCUT2D eigenvalue weighted by atomic mass is 10.1. The van der Waals surface area contributed by atoms with Gasteiger partial charge in [-0.2, -0.15) is 13.2 Å². The van der Waals surface area contributed by atoms with E-state index in [1.54, 1.807) is 6.92 Å². The molecule has 1 amide bonds. The third kappa shape index (κ3) is 6.94. The van der Waals surface area contributed by atoms with E-state index in [4.69, 9.17) is 10.9 Å². The van der Waals surface area contributed by atoms with Gasteiger partial charge in [-0.15, -0.1) is 0 Å². The molecule has 3 N–H and O–H groups in total. The van der Waals surface area contributed by atoms with Crippen LogP contribution in [0.4, 0.5) is 13.2 Å². The highest BCUT2D eigenvalue weighted by Gasteiger charge is 2.28. The third-order valence-electron chi connectivity index (χ3n) is 2.09. The van der Waals surface area contributed by atoms with Crippen LogP contribution in [0.1, 0.15) is 6.92 Å². The molecular formula is C9H16F3N3O3. The second-order valence-corrected chi connectivity index (χ2v) is 3.81. The van der Waals surface area contributed by atoms with Crippen LogP contribution in [-0.4, -0.2) is 54.8 Å². The molecule has 1 atom stereocenters. The molecule has 0 aliphatic rings. The highest BCUT2D eigenvalue weighted by molar-refractivity contribution is 5.83. The van der Waals surface area contributed by atoms with E-state index in [1.807, 2.05) is 0 Å². The average molecular weight is 271 g/mol. The molecule has 0 spiro atoms. The van der Waals surface area contributed by atoms with Crippen LogP contribution in [0.5, 0.6) is 0 Å². The number of ether oxygens (including phenoxy) is 1. The van der Waals surface area contributed by atoms with Gasteiger partial charge in [0.05, 0.1) is 0 Å². The van der Waals surface area contributed by atoms with Gasteiger partial charge >= 0.3 is 6.18 Å². The van der Waals surface area contributed by atoms with Crippen molar-refractivity contribution in [2.45, 2.75) is 13.1 Å². The Hall–Kier alpha value is -1.51. The highest BCUT2D eigenvalue weighted by atomic mass is 19.4. The molecule has 9 heteroatoms. The summed E-state index contributed by atoms with van der Waals surface area (Å²) in [7, 11) is 1.39. The lowest BCUT2D eigenvalue weighted by molar-refractivity contribution is -0.177. The molecule has 0 aliphatic carbocycles. The number of rotatable bonds is 6. The normalized spacial score (nSPS) is 14.4. The quantitative estimate of drug-likeness (QED) is 0.317. The number of likely N-dealkylation sites (N-methyl/N-ethyl adjacent to an activating group) is 1. The number of hydrogen-bond donors (Lipinski definition) is 2. The maximum Gasteiger partial charge on any atom is 0.411 e. The van der Waals surface area contributed by atoms with Crippen LogP contribution in [0.2, 0.25) is 0 Å². The molecule has 0 radical (unpaired) electrons. The van der Waals surface area contributed by atoms with E-state index in [0.717, 1.165) is 4.90 Å². The fourth-order valence-corrected chi connectivity index (χ4v) is 1.07. The van der Waals surface area contributed by atoms with E-state index in [0.29, 0.717) is 0 Å². The Morgan fingerprint density at radius 2 is 2.11 bits per heavy atom. The molecule has 1 unspecified atom stereocenters. The van der Waals surface area contributed by atoms with E-state index in [2.05, 4.69) is 9.89 Å². The number of nitrogens with two attached hydrogens (primary N) is 1. The average Bonchev–Trinajstić information content (AvgIpc) is 2.25. The van der Waals surface area contributed by atoms with Crippen LogP contribution in [0.3, 0.4) is 0 Å². The number of alkyl halides is 3. The number of carbonyl (C=O) groups excluding carboxylic acids is 1. The fraction of sp³-hybridized carbons (Fsp3) is 0.778. The van der Waals surface area contributed by atoms with E-state index < -0.39 is 31.2 Å². The van der Waals surface area contributed by atoms with Crippen molar-refractivity contribution in [1.29, 1.82) is 0 Å². The van der Waals surface area contributed by atoms with Crippen molar-refractivity contribution in [3.8, 4) is 0 Å². The first kappa shape index (κ1) is 16.5. The van der Waals surface area contributed by atoms with Gasteiger partial charge in [0.25, 0.3) is 0 Å². The molecule has 6 nitrogen and oxygen atoms in total. The van der Waals surface area contributed by atoms with E-state index in [-0.39, 0.29) is 12.4 Å². The Labute approximate surface area is 102 Å². The summed E-state index contributed by atoms with van der Waals surface area (Å²) in [5.41, 5.74) is 5.30. The first-order valence-corrected chi connectivity index (χ1v) is 5.03. The molecule has 106 valence electrons. The van der Waals surface area contributed by atoms with Gasteiger partial charge in [0, 0.05) is 19.5 Å². The third-order valence-corrected chi connectivity index (χ3v) is 2.09. The van der Waals surface area contributed by atoms with Crippen LogP contribution in [0.25, 0.3) is 0 Å². The summed E-state index contributed by atoms with van der Waals surface area (Å²) in [5, 5.41) is 11.2. The number of hydrogen-bond acceptors (Lipinski definition) is 4. The summed E-state index contributed by atoms with van der Waals surface area (Å²) in [4.78, 5) is 12.5. The zero-order valence-corrected chi connectivity index (χ0v) is 10.1. The molecule has 0 saturated heterocycles. The highest BCUT2D eigenvalue weighted by Crippen LogP contribution is 2.14. The number of amides is 1. The first-order chi connectivity index (χ1) is 8.17. The minimum atomic E-state index is -4.46. The Balaban J connectivity index is 4.04. The molecule has 0 bridgehead atoms. The van der Waals surface area contributed by atoms with Crippen LogP contribution in [0, 0.1) is 5.92 Å². The Morgan fingerprint density at radius 1 is 1.56 bits per heavy atom. The van der Waals surface area contributed by atoms with Crippen LogP contribution >= 0.6 is 0 Å². The molecule has 0 rings (SSSR count). The lowest BCUT2D eigenvalue weighted by Crippen LogP contribution is -2.38. The number of nitrogens with zero attached hydrogens (tertiary/aromatic N) is 2. The summed E-state index contributed by atoms with van der Waals surface area (Å²) in [6.45, 7) is -0.416. The van der Waals surface area contributed by atoms with E-state index in [9.17, 15) is 18.0 Å². The second-order valence-electron chi connectivity index (χ2n) is 3.81. The van der Waals surface area contributed by atoms with Crippen LogP contribution < -0.4 is 5.73 Å². The Morgan fingerprint density at radius 3 is 2.56 bits per heavy atom. The minimum Gasteiger partial charge on any atom is -0.409 e. The van der Waals surface area contributed by atoms with Crippen molar-refractivity contribution < 1.29 is 27.9 Å².